The first-order valence-electron chi connectivity index (χ1n) is 7.48. The van der Waals surface area contributed by atoms with Crippen molar-refractivity contribution in [3.63, 3.8) is 0 Å². The van der Waals surface area contributed by atoms with E-state index in [1.807, 2.05) is 0 Å². The lowest BCUT2D eigenvalue weighted by Gasteiger charge is -2.33. The lowest BCUT2D eigenvalue weighted by molar-refractivity contribution is 0.111. The first-order valence-corrected chi connectivity index (χ1v) is 7.48. The van der Waals surface area contributed by atoms with Gasteiger partial charge in [0.2, 0.25) is 0 Å². The van der Waals surface area contributed by atoms with Gasteiger partial charge in [0.1, 0.15) is 0 Å². The molecule has 1 heterocycles. The molecule has 2 N–H and O–H groups in total. The summed E-state index contributed by atoms with van der Waals surface area (Å²) in [4.78, 5) is 4.70. The zero-order valence-corrected chi connectivity index (χ0v) is 12.4. The maximum absolute atomic E-state index is 9.96. The number of nitrogens with zero attached hydrogens (tertiary/aromatic N) is 2. The number of likely N-dealkylation sites (tertiary alicyclic amines) is 1. The van der Waals surface area contributed by atoms with E-state index in [0.29, 0.717) is 12.6 Å². The number of aliphatic hydroxyl groups excluding tert-OH is 1. The van der Waals surface area contributed by atoms with Crippen LogP contribution in [0.25, 0.3) is 0 Å². The summed E-state index contributed by atoms with van der Waals surface area (Å²) in [5, 5.41) is 13.4. The third kappa shape index (κ3) is 5.65. The van der Waals surface area contributed by atoms with Gasteiger partial charge in [-0.15, -0.1) is 0 Å². The molecule has 0 aromatic heterocycles. The maximum atomic E-state index is 9.96. The van der Waals surface area contributed by atoms with Gasteiger partial charge < -0.3 is 20.2 Å². The fourth-order valence-corrected chi connectivity index (χ4v) is 2.66. The highest BCUT2D eigenvalue weighted by Crippen LogP contribution is 2.13. The molecule has 108 valence electrons. The average molecular weight is 257 g/mol. The molecule has 0 amide bonds. The zero-order chi connectivity index (χ0) is 13.4. The maximum Gasteiger partial charge on any atom is 0.0791 e. The zero-order valence-electron chi connectivity index (χ0n) is 12.4. The van der Waals surface area contributed by atoms with Crippen LogP contribution < -0.4 is 5.32 Å². The van der Waals surface area contributed by atoms with E-state index in [4.69, 9.17) is 0 Å². The van der Waals surface area contributed by atoms with Gasteiger partial charge in [-0.05, 0) is 39.5 Å². The second-order valence-electron chi connectivity index (χ2n) is 5.43. The van der Waals surface area contributed by atoms with Crippen LogP contribution in [-0.2, 0) is 0 Å². The fourth-order valence-electron chi connectivity index (χ4n) is 2.66. The number of rotatable bonds is 8. The standard InChI is InChI=1S/C14H31N3O/c1-4-17(5-2)12-14(18)11-15-10-13-8-6-7-9-16(13)3/h13-15,18H,4-12H2,1-3H3. The van der Waals surface area contributed by atoms with Crippen LogP contribution in [0.5, 0.6) is 0 Å². The summed E-state index contributed by atoms with van der Waals surface area (Å²) in [7, 11) is 2.21. The van der Waals surface area contributed by atoms with E-state index < -0.39 is 0 Å². The molecule has 1 fully saturated rings. The van der Waals surface area contributed by atoms with Gasteiger partial charge in [-0.2, -0.15) is 0 Å². The summed E-state index contributed by atoms with van der Waals surface area (Å²) in [6.07, 6.45) is 3.71. The number of aliphatic hydroxyl groups is 1. The van der Waals surface area contributed by atoms with E-state index in [2.05, 4.69) is 36.0 Å². The molecule has 0 saturated carbocycles. The van der Waals surface area contributed by atoms with Gasteiger partial charge in [-0.3, -0.25) is 0 Å². The van der Waals surface area contributed by atoms with Crippen LogP contribution in [0.4, 0.5) is 0 Å². The summed E-state index contributed by atoms with van der Waals surface area (Å²) in [5.41, 5.74) is 0. The SMILES string of the molecule is CCN(CC)CC(O)CNCC1CCCCN1C. The molecule has 1 aliphatic heterocycles. The highest BCUT2D eigenvalue weighted by molar-refractivity contribution is 4.77. The van der Waals surface area contributed by atoms with Gasteiger partial charge in [0.15, 0.2) is 0 Å². The molecule has 1 saturated heterocycles. The van der Waals surface area contributed by atoms with Crippen molar-refractivity contribution in [2.24, 2.45) is 0 Å². The van der Waals surface area contributed by atoms with Crippen molar-refractivity contribution in [3.05, 3.63) is 0 Å². The van der Waals surface area contributed by atoms with E-state index in [0.717, 1.165) is 26.2 Å². The molecule has 0 bridgehead atoms. The third-order valence-corrected chi connectivity index (χ3v) is 4.04. The molecule has 18 heavy (non-hydrogen) atoms. The largest absolute Gasteiger partial charge is 0.390 e. The van der Waals surface area contributed by atoms with E-state index in [-0.39, 0.29) is 6.10 Å². The van der Waals surface area contributed by atoms with Gasteiger partial charge in [-0.1, -0.05) is 20.3 Å². The van der Waals surface area contributed by atoms with Crippen molar-refractivity contribution in [1.29, 1.82) is 0 Å². The number of piperidine rings is 1. The lowest BCUT2D eigenvalue weighted by atomic mass is 10.0. The molecule has 0 aliphatic carbocycles. The normalized spacial score (nSPS) is 23.5. The second-order valence-corrected chi connectivity index (χ2v) is 5.43. The van der Waals surface area contributed by atoms with E-state index >= 15 is 0 Å². The molecule has 0 radical (unpaired) electrons. The monoisotopic (exact) mass is 257 g/mol. The Morgan fingerprint density at radius 1 is 1.33 bits per heavy atom. The van der Waals surface area contributed by atoms with Crippen LogP contribution in [-0.4, -0.2) is 73.4 Å². The summed E-state index contributed by atoms with van der Waals surface area (Å²) in [6, 6.07) is 0.652. The summed E-state index contributed by atoms with van der Waals surface area (Å²) in [5.74, 6) is 0. The highest BCUT2D eigenvalue weighted by atomic mass is 16.3. The third-order valence-electron chi connectivity index (χ3n) is 4.04. The molecule has 1 aliphatic rings. The Morgan fingerprint density at radius 3 is 2.67 bits per heavy atom. The van der Waals surface area contributed by atoms with Gasteiger partial charge in [0.05, 0.1) is 6.10 Å². The van der Waals surface area contributed by atoms with Crippen molar-refractivity contribution in [2.45, 2.75) is 45.3 Å². The molecular formula is C14H31N3O. The summed E-state index contributed by atoms with van der Waals surface area (Å²) < 4.78 is 0. The first kappa shape index (κ1) is 15.9. The predicted molar refractivity (Wildman–Crippen MR) is 76.9 cm³/mol. The minimum absolute atomic E-state index is 0.251. The van der Waals surface area contributed by atoms with Crippen LogP contribution in [0.3, 0.4) is 0 Å². The second kappa shape index (κ2) is 8.86. The molecule has 4 heteroatoms. The number of likely N-dealkylation sites (N-methyl/N-ethyl adjacent to an activating group) is 2. The van der Waals surface area contributed by atoms with Crippen molar-refractivity contribution >= 4 is 0 Å². The Balaban J connectivity index is 2.12. The average Bonchev–Trinajstić information content (AvgIpc) is 2.38. The highest BCUT2D eigenvalue weighted by Gasteiger charge is 2.18. The lowest BCUT2D eigenvalue weighted by Crippen LogP contribution is -2.46. The van der Waals surface area contributed by atoms with Crippen LogP contribution >= 0.6 is 0 Å². The predicted octanol–water partition coefficient (Wildman–Crippen LogP) is 0.763. The Labute approximate surface area is 112 Å². The fraction of sp³-hybridized carbons (Fsp3) is 1.00. The summed E-state index contributed by atoms with van der Waals surface area (Å²) >= 11 is 0. The number of hydrogen-bond acceptors (Lipinski definition) is 4. The minimum Gasteiger partial charge on any atom is -0.390 e. The van der Waals surface area contributed by atoms with Gasteiger partial charge in [-0.25, -0.2) is 0 Å². The van der Waals surface area contributed by atoms with Crippen molar-refractivity contribution in [2.75, 3.05) is 46.3 Å². The molecule has 0 spiro atoms. The van der Waals surface area contributed by atoms with Gasteiger partial charge >= 0.3 is 0 Å². The van der Waals surface area contributed by atoms with Crippen molar-refractivity contribution in [1.82, 2.24) is 15.1 Å². The molecule has 0 aromatic rings. The Bertz CT molecular complexity index is 209. The Morgan fingerprint density at radius 2 is 2.06 bits per heavy atom. The van der Waals surface area contributed by atoms with E-state index in [9.17, 15) is 5.11 Å². The Hall–Kier alpha value is -0.160. The summed E-state index contributed by atoms with van der Waals surface area (Å²) in [6.45, 7) is 10.0. The van der Waals surface area contributed by atoms with Crippen molar-refractivity contribution in [3.8, 4) is 0 Å². The molecular weight excluding hydrogens is 226 g/mol. The van der Waals surface area contributed by atoms with E-state index in [1.54, 1.807) is 0 Å². The van der Waals surface area contributed by atoms with Crippen LogP contribution in [0, 0.1) is 0 Å². The number of hydrogen-bond donors (Lipinski definition) is 2. The van der Waals surface area contributed by atoms with Gasteiger partial charge in [0, 0.05) is 25.7 Å². The number of nitrogens with one attached hydrogen (secondary N) is 1. The van der Waals surface area contributed by atoms with Crippen LogP contribution in [0.1, 0.15) is 33.1 Å². The van der Waals surface area contributed by atoms with E-state index in [1.165, 1.54) is 25.8 Å². The molecule has 4 nitrogen and oxygen atoms in total. The minimum atomic E-state index is -0.251. The molecule has 1 rings (SSSR count). The Kier molecular flexibility index (Phi) is 7.82. The smallest absolute Gasteiger partial charge is 0.0791 e. The first-order chi connectivity index (χ1) is 8.67. The van der Waals surface area contributed by atoms with Crippen LogP contribution in [0.15, 0.2) is 0 Å². The molecule has 2 unspecified atom stereocenters. The van der Waals surface area contributed by atoms with Crippen LogP contribution in [0.2, 0.25) is 0 Å². The van der Waals surface area contributed by atoms with Crippen molar-refractivity contribution < 1.29 is 5.11 Å². The van der Waals surface area contributed by atoms with Gasteiger partial charge in [0.25, 0.3) is 0 Å². The quantitative estimate of drug-likeness (QED) is 0.673. The molecule has 0 aromatic carbocycles. The topological polar surface area (TPSA) is 38.7 Å². The molecule has 2 atom stereocenters.